The quantitative estimate of drug-likeness (QED) is 0.764. The Labute approximate surface area is 107 Å². The summed E-state index contributed by atoms with van der Waals surface area (Å²) in [5.41, 5.74) is 0. The van der Waals surface area contributed by atoms with Crippen molar-refractivity contribution in [2.45, 2.75) is 11.0 Å². The van der Waals surface area contributed by atoms with Crippen LogP contribution in [0.3, 0.4) is 0 Å². The fourth-order valence-corrected chi connectivity index (χ4v) is 3.38. The predicted molar refractivity (Wildman–Crippen MR) is 65.6 cm³/mol. The second kappa shape index (κ2) is 5.35. The Kier molecular flexibility index (Phi) is 4.00. The number of rotatable bonds is 4. The molecule has 1 unspecified atom stereocenters. The number of nitrogens with one attached hydrogen (secondary N) is 1. The maximum Gasteiger partial charge on any atom is 0.246 e. The second-order valence-corrected chi connectivity index (χ2v) is 6.20. The number of aromatic nitrogens is 2. The Morgan fingerprint density at radius 3 is 3.00 bits per heavy atom. The summed E-state index contributed by atoms with van der Waals surface area (Å²) in [5.74, 6) is 0. The Bertz CT molecular complexity index is 497. The molecule has 8 heteroatoms. The molecule has 2 rings (SSSR count). The summed E-state index contributed by atoms with van der Waals surface area (Å²) < 4.78 is 33.1. The Hall–Kier alpha value is -0.960. The van der Waals surface area contributed by atoms with Crippen LogP contribution in [0.1, 0.15) is 0 Å². The largest absolute Gasteiger partial charge is 0.374 e. The first-order valence-corrected chi connectivity index (χ1v) is 7.23. The summed E-state index contributed by atoms with van der Waals surface area (Å²) >= 11 is 0. The lowest BCUT2D eigenvalue weighted by molar-refractivity contribution is 0.000823. The van der Waals surface area contributed by atoms with Crippen molar-refractivity contribution in [2.24, 2.45) is 7.05 Å². The van der Waals surface area contributed by atoms with Gasteiger partial charge in [-0.15, -0.1) is 0 Å². The standard InChI is InChI=1S/C10H18N4O3S/c1-11-5-9-7-14(3-4-17-9)18(15,16)10-6-12-13(2)8-10/h6,8-9,11H,3-5,7H2,1-2H3. The molecule has 1 N–H and O–H groups in total. The van der Waals surface area contributed by atoms with E-state index in [2.05, 4.69) is 10.4 Å². The molecule has 1 atom stereocenters. The Balaban J connectivity index is 2.15. The highest BCUT2D eigenvalue weighted by Gasteiger charge is 2.31. The van der Waals surface area contributed by atoms with Gasteiger partial charge in [-0.25, -0.2) is 8.42 Å². The monoisotopic (exact) mass is 274 g/mol. The van der Waals surface area contributed by atoms with Crippen molar-refractivity contribution in [3.8, 4) is 0 Å². The number of sulfonamides is 1. The SMILES string of the molecule is CNCC1CN(S(=O)(=O)c2cnn(C)c2)CCO1. The predicted octanol–water partition coefficient (Wildman–Crippen LogP) is -0.971. The molecule has 0 saturated carbocycles. The first-order valence-electron chi connectivity index (χ1n) is 5.79. The summed E-state index contributed by atoms with van der Waals surface area (Å²) in [6.45, 7) is 1.82. The van der Waals surface area contributed by atoms with E-state index in [0.717, 1.165) is 0 Å². The Morgan fingerprint density at radius 2 is 2.39 bits per heavy atom. The summed E-state index contributed by atoms with van der Waals surface area (Å²) in [6.07, 6.45) is 2.78. The number of nitrogens with zero attached hydrogens (tertiary/aromatic N) is 3. The van der Waals surface area contributed by atoms with Crippen molar-refractivity contribution in [1.29, 1.82) is 0 Å². The minimum absolute atomic E-state index is 0.102. The van der Waals surface area contributed by atoms with Gasteiger partial charge in [0.15, 0.2) is 0 Å². The molecular weight excluding hydrogens is 256 g/mol. The van der Waals surface area contributed by atoms with Gasteiger partial charge in [-0.1, -0.05) is 0 Å². The zero-order valence-electron chi connectivity index (χ0n) is 10.5. The molecule has 102 valence electrons. The lowest BCUT2D eigenvalue weighted by Gasteiger charge is -2.31. The highest BCUT2D eigenvalue weighted by molar-refractivity contribution is 7.89. The van der Waals surface area contributed by atoms with Crippen LogP contribution in [0, 0.1) is 0 Å². The van der Waals surface area contributed by atoms with E-state index in [-0.39, 0.29) is 11.0 Å². The van der Waals surface area contributed by atoms with Gasteiger partial charge in [0, 0.05) is 32.9 Å². The number of aryl methyl sites for hydroxylation is 1. The fourth-order valence-electron chi connectivity index (χ4n) is 1.94. The molecule has 18 heavy (non-hydrogen) atoms. The van der Waals surface area contributed by atoms with E-state index in [1.807, 2.05) is 7.05 Å². The van der Waals surface area contributed by atoms with E-state index in [9.17, 15) is 8.42 Å². The summed E-state index contributed by atoms with van der Waals surface area (Å²) in [5, 5.41) is 6.89. The average Bonchev–Trinajstić information content (AvgIpc) is 2.77. The third kappa shape index (κ3) is 2.72. The van der Waals surface area contributed by atoms with E-state index >= 15 is 0 Å². The van der Waals surface area contributed by atoms with Gasteiger partial charge in [-0.2, -0.15) is 9.40 Å². The molecule has 1 aromatic rings. The van der Waals surface area contributed by atoms with Gasteiger partial charge in [0.2, 0.25) is 10.0 Å². The maximum absolute atomic E-state index is 12.3. The fraction of sp³-hybridized carbons (Fsp3) is 0.700. The first kappa shape index (κ1) is 13.5. The van der Waals surface area contributed by atoms with Crippen molar-refractivity contribution in [1.82, 2.24) is 19.4 Å². The number of likely N-dealkylation sites (N-methyl/N-ethyl adjacent to an activating group) is 1. The number of morpholine rings is 1. The minimum Gasteiger partial charge on any atom is -0.374 e. The van der Waals surface area contributed by atoms with Gasteiger partial charge < -0.3 is 10.1 Å². The second-order valence-electron chi connectivity index (χ2n) is 4.26. The molecule has 7 nitrogen and oxygen atoms in total. The van der Waals surface area contributed by atoms with Gasteiger partial charge in [0.25, 0.3) is 0 Å². The van der Waals surface area contributed by atoms with Crippen LogP contribution in [-0.2, 0) is 21.8 Å². The summed E-state index contributed by atoms with van der Waals surface area (Å²) in [4.78, 5) is 0.232. The molecule has 1 aromatic heterocycles. The van der Waals surface area contributed by atoms with Crippen LogP contribution in [0.5, 0.6) is 0 Å². The molecule has 0 amide bonds. The van der Waals surface area contributed by atoms with Crippen LogP contribution in [0.25, 0.3) is 0 Å². The number of hydrogen-bond donors (Lipinski definition) is 1. The van der Waals surface area contributed by atoms with E-state index in [1.54, 1.807) is 7.05 Å². The van der Waals surface area contributed by atoms with Crippen LogP contribution < -0.4 is 5.32 Å². The zero-order valence-corrected chi connectivity index (χ0v) is 11.4. The van der Waals surface area contributed by atoms with E-state index < -0.39 is 10.0 Å². The topological polar surface area (TPSA) is 76.5 Å². The summed E-state index contributed by atoms with van der Waals surface area (Å²) in [6, 6.07) is 0. The van der Waals surface area contributed by atoms with Crippen LogP contribution in [0.2, 0.25) is 0 Å². The van der Waals surface area contributed by atoms with Crippen molar-refractivity contribution in [3.63, 3.8) is 0 Å². The van der Waals surface area contributed by atoms with Crippen molar-refractivity contribution < 1.29 is 13.2 Å². The molecule has 1 saturated heterocycles. The summed E-state index contributed by atoms with van der Waals surface area (Å²) in [7, 11) is 0.0637. The third-order valence-corrected chi connectivity index (χ3v) is 4.67. The van der Waals surface area contributed by atoms with Crippen LogP contribution in [0.4, 0.5) is 0 Å². The van der Waals surface area contributed by atoms with Gasteiger partial charge >= 0.3 is 0 Å². The molecular formula is C10H18N4O3S. The minimum atomic E-state index is -3.45. The van der Waals surface area contributed by atoms with E-state index in [0.29, 0.717) is 26.2 Å². The van der Waals surface area contributed by atoms with Gasteiger partial charge in [0.1, 0.15) is 4.90 Å². The molecule has 0 spiro atoms. The zero-order chi connectivity index (χ0) is 13.2. The number of ether oxygens (including phenoxy) is 1. The first-order chi connectivity index (χ1) is 8.54. The van der Waals surface area contributed by atoms with Crippen molar-refractivity contribution in [3.05, 3.63) is 12.4 Å². The smallest absolute Gasteiger partial charge is 0.246 e. The molecule has 1 aliphatic heterocycles. The maximum atomic E-state index is 12.3. The van der Waals surface area contributed by atoms with Crippen LogP contribution in [-0.4, -0.2) is 61.9 Å². The number of hydrogen-bond acceptors (Lipinski definition) is 5. The van der Waals surface area contributed by atoms with Crippen LogP contribution >= 0.6 is 0 Å². The highest BCUT2D eigenvalue weighted by atomic mass is 32.2. The molecule has 1 aliphatic rings. The third-order valence-electron chi connectivity index (χ3n) is 2.85. The normalized spacial score (nSPS) is 22.2. The van der Waals surface area contributed by atoms with Crippen molar-refractivity contribution >= 4 is 10.0 Å². The lowest BCUT2D eigenvalue weighted by Crippen LogP contribution is -2.48. The van der Waals surface area contributed by atoms with E-state index in [4.69, 9.17) is 4.74 Å². The molecule has 2 heterocycles. The lowest BCUT2D eigenvalue weighted by atomic mass is 10.3. The Morgan fingerprint density at radius 1 is 1.61 bits per heavy atom. The highest BCUT2D eigenvalue weighted by Crippen LogP contribution is 2.17. The van der Waals surface area contributed by atoms with Gasteiger partial charge in [0.05, 0.1) is 18.9 Å². The molecule has 1 fully saturated rings. The molecule has 0 aliphatic carbocycles. The molecule has 0 radical (unpaired) electrons. The molecule has 0 bridgehead atoms. The van der Waals surface area contributed by atoms with Gasteiger partial charge in [-0.05, 0) is 7.05 Å². The molecule has 0 aromatic carbocycles. The van der Waals surface area contributed by atoms with Gasteiger partial charge in [-0.3, -0.25) is 4.68 Å². The van der Waals surface area contributed by atoms with Crippen LogP contribution in [0.15, 0.2) is 17.3 Å². The van der Waals surface area contributed by atoms with Crippen molar-refractivity contribution in [2.75, 3.05) is 33.3 Å². The van der Waals surface area contributed by atoms with E-state index in [1.165, 1.54) is 21.4 Å². The average molecular weight is 274 g/mol.